The molecule has 1 aliphatic rings. The molecule has 1 heterocycles. The molecule has 1 aliphatic carbocycles. The molecular weight excluding hydrogens is 388 g/mol. The van der Waals surface area contributed by atoms with E-state index in [2.05, 4.69) is 10.3 Å². The summed E-state index contributed by atoms with van der Waals surface area (Å²) in [4.78, 5) is 16.4. The van der Waals surface area contributed by atoms with Gasteiger partial charge in [-0.05, 0) is 36.6 Å². The van der Waals surface area contributed by atoms with Crippen LogP contribution in [0.25, 0.3) is 0 Å². The fraction of sp³-hybridized carbons (Fsp3) is 0.333. The van der Waals surface area contributed by atoms with Crippen LogP contribution < -0.4 is 5.32 Å². The lowest BCUT2D eigenvalue weighted by Gasteiger charge is -2.32. The highest BCUT2D eigenvalue weighted by Gasteiger charge is 2.46. The maximum Gasteiger partial charge on any atom is 0.416 e. The monoisotopic (exact) mass is 402 g/mol. The Kier molecular flexibility index (Phi) is 5.14. The molecule has 2 N–H and O–H groups in total. The Morgan fingerprint density at radius 2 is 2.11 bits per heavy atom. The molecule has 0 aliphatic heterocycles. The van der Waals surface area contributed by atoms with Crippen molar-refractivity contribution in [3.8, 4) is 0 Å². The molecule has 27 heavy (non-hydrogen) atoms. The lowest BCUT2D eigenvalue weighted by molar-refractivity contribution is -0.138. The van der Waals surface area contributed by atoms with Crippen molar-refractivity contribution in [1.82, 2.24) is 10.3 Å². The standard InChI is InChI=1S/C18H15ClF4N2O2/c19-13-8-11(18(21,22)23)4-3-10(13)9-25-16(27)17(20)6-5-14(26)15-12(17)2-1-7-24-15/h1-4,7-8,14,26H,5-6,9H2,(H,25,27). The van der Waals surface area contributed by atoms with E-state index in [1.165, 1.54) is 18.3 Å². The zero-order chi connectivity index (χ0) is 19.8. The lowest BCUT2D eigenvalue weighted by atomic mass is 9.81. The minimum absolute atomic E-state index is 0.0141. The number of alkyl halides is 4. The number of aromatic nitrogens is 1. The Morgan fingerprint density at radius 1 is 1.37 bits per heavy atom. The van der Waals surface area contributed by atoms with E-state index in [0.717, 1.165) is 18.2 Å². The van der Waals surface area contributed by atoms with Crippen LogP contribution in [0.1, 0.15) is 41.3 Å². The summed E-state index contributed by atoms with van der Waals surface area (Å²) in [7, 11) is 0. The summed E-state index contributed by atoms with van der Waals surface area (Å²) in [5, 5.41) is 12.1. The molecule has 9 heteroatoms. The van der Waals surface area contributed by atoms with Crippen LogP contribution in [0.4, 0.5) is 17.6 Å². The largest absolute Gasteiger partial charge is 0.416 e. The maximum absolute atomic E-state index is 15.4. The smallest absolute Gasteiger partial charge is 0.387 e. The number of benzene rings is 1. The Hall–Kier alpha value is -2.19. The number of nitrogens with one attached hydrogen (secondary N) is 1. The van der Waals surface area contributed by atoms with Gasteiger partial charge in [-0.25, -0.2) is 4.39 Å². The molecule has 0 fully saturated rings. The number of aliphatic hydroxyl groups excluding tert-OH is 1. The second-order valence-corrected chi connectivity index (χ2v) is 6.69. The summed E-state index contributed by atoms with van der Waals surface area (Å²) in [6, 6.07) is 5.58. The van der Waals surface area contributed by atoms with Gasteiger partial charge in [0.15, 0.2) is 0 Å². The average Bonchev–Trinajstić information content (AvgIpc) is 2.63. The van der Waals surface area contributed by atoms with Gasteiger partial charge in [-0.3, -0.25) is 9.78 Å². The number of hydrogen-bond donors (Lipinski definition) is 2. The van der Waals surface area contributed by atoms with E-state index in [9.17, 15) is 23.1 Å². The summed E-state index contributed by atoms with van der Waals surface area (Å²) >= 11 is 5.85. The minimum Gasteiger partial charge on any atom is -0.387 e. The highest BCUT2D eigenvalue weighted by atomic mass is 35.5. The lowest BCUT2D eigenvalue weighted by Crippen LogP contribution is -2.44. The molecule has 2 unspecified atom stereocenters. The fourth-order valence-corrected chi connectivity index (χ4v) is 3.29. The van der Waals surface area contributed by atoms with Crippen molar-refractivity contribution >= 4 is 17.5 Å². The molecule has 144 valence electrons. The summed E-state index contributed by atoms with van der Waals surface area (Å²) in [6.07, 6.45) is -4.31. The number of halogens is 5. The topological polar surface area (TPSA) is 62.2 Å². The van der Waals surface area contributed by atoms with Gasteiger partial charge < -0.3 is 10.4 Å². The molecule has 1 aromatic heterocycles. The van der Waals surface area contributed by atoms with Crippen LogP contribution in [0, 0.1) is 0 Å². The van der Waals surface area contributed by atoms with Gasteiger partial charge in [-0.2, -0.15) is 13.2 Å². The van der Waals surface area contributed by atoms with E-state index in [0.29, 0.717) is 0 Å². The highest BCUT2D eigenvalue weighted by Crippen LogP contribution is 2.42. The first kappa shape index (κ1) is 19.6. The molecule has 1 aromatic carbocycles. The van der Waals surface area contributed by atoms with Crippen molar-refractivity contribution in [2.75, 3.05) is 0 Å². The van der Waals surface area contributed by atoms with Crippen molar-refractivity contribution in [3.05, 3.63) is 63.9 Å². The zero-order valence-corrected chi connectivity index (χ0v) is 14.6. The predicted molar refractivity (Wildman–Crippen MR) is 89.5 cm³/mol. The highest BCUT2D eigenvalue weighted by molar-refractivity contribution is 6.31. The number of carbonyl (C=O) groups is 1. The summed E-state index contributed by atoms with van der Waals surface area (Å²) in [5.41, 5.74) is -2.98. The van der Waals surface area contributed by atoms with Gasteiger partial charge in [0, 0.05) is 23.3 Å². The third kappa shape index (κ3) is 3.77. The van der Waals surface area contributed by atoms with Gasteiger partial charge in [-0.1, -0.05) is 23.7 Å². The number of hydrogen-bond acceptors (Lipinski definition) is 3. The van der Waals surface area contributed by atoms with Crippen LogP contribution in [0.15, 0.2) is 36.5 Å². The minimum atomic E-state index is -4.53. The molecule has 4 nitrogen and oxygen atoms in total. The van der Waals surface area contributed by atoms with Crippen LogP contribution in [0.5, 0.6) is 0 Å². The SMILES string of the molecule is O=C(NCc1ccc(C(F)(F)F)cc1Cl)C1(F)CCC(O)c2ncccc21. The van der Waals surface area contributed by atoms with Gasteiger partial charge in [0.2, 0.25) is 5.67 Å². The molecule has 0 saturated heterocycles. The molecule has 0 saturated carbocycles. The second-order valence-electron chi connectivity index (χ2n) is 6.28. The first-order valence-electron chi connectivity index (χ1n) is 8.09. The fourth-order valence-electron chi connectivity index (χ4n) is 3.04. The van der Waals surface area contributed by atoms with E-state index < -0.39 is 29.4 Å². The van der Waals surface area contributed by atoms with Crippen molar-refractivity contribution in [1.29, 1.82) is 0 Å². The molecule has 2 atom stereocenters. The van der Waals surface area contributed by atoms with E-state index in [-0.39, 0.29) is 41.2 Å². The molecule has 0 spiro atoms. The average molecular weight is 403 g/mol. The number of pyridine rings is 1. The van der Waals surface area contributed by atoms with Crippen molar-refractivity contribution in [2.24, 2.45) is 0 Å². The maximum atomic E-state index is 15.4. The van der Waals surface area contributed by atoms with Gasteiger partial charge in [0.25, 0.3) is 5.91 Å². The Bertz CT molecular complexity index is 875. The predicted octanol–water partition coefficient (Wildman–Crippen LogP) is 4.06. The third-order valence-corrected chi connectivity index (χ3v) is 4.87. The first-order valence-corrected chi connectivity index (χ1v) is 8.47. The Balaban J connectivity index is 1.78. The number of carbonyl (C=O) groups excluding carboxylic acids is 1. The number of amides is 1. The van der Waals surface area contributed by atoms with Crippen molar-refractivity contribution < 1.29 is 27.5 Å². The third-order valence-electron chi connectivity index (χ3n) is 4.52. The van der Waals surface area contributed by atoms with E-state index in [1.54, 1.807) is 0 Å². The van der Waals surface area contributed by atoms with Gasteiger partial charge in [0.1, 0.15) is 0 Å². The molecular formula is C18H15ClF4N2O2. The number of aliphatic hydroxyl groups is 1. The van der Waals surface area contributed by atoms with E-state index in [4.69, 9.17) is 11.6 Å². The molecule has 3 rings (SSSR count). The molecule has 0 bridgehead atoms. The van der Waals surface area contributed by atoms with Crippen LogP contribution in [-0.2, 0) is 23.2 Å². The number of rotatable bonds is 3. The van der Waals surface area contributed by atoms with E-state index >= 15 is 4.39 Å². The van der Waals surface area contributed by atoms with Crippen molar-refractivity contribution in [2.45, 2.75) is 37.3 Å². The molecule has 1 amide bonds. The summed E-state index contributed by atoms with van der Waals surface area (Å²) in [6.45, 7) is -0.236. The molecule has 2 aromatic rings. The van der Waals surface area contributed by atoms with E-state index in [1.807, 2.05) is 0 Å². The van der Waals surface area contributed by atoms with Crippen LogP contribution in [-0.4, -0.2) is 16.0 Å². The number of nitrogens with zero attached hydrogens (tertiary/aromatic N) is 1. The van der Waals surface area contributed by atoms with Crippen molar-refractivity contribution in [3.63, 3.8) is 0 Å². The zero-order valence-electron chi connectivity index (χ0n) is 13.9. The normalized spacial score (nSPS) is 22.2. The van der Waals surface area contributed by atoms with Crippen LogP contribution in [0.3, 0.4) is 0 Å². The van der Waals surface area contributed by atoms with Gasteiger partial charge in [0.05, 0.1) is 17.4 Å². The molecule has 0 radical (unpaired) electrons. The quantitative estimate of drug-likeness (QED) is 0.761. The van der Waals surface area contributed by atoms with Crippen LogP contribution in [0.2, 0.25) is 5.02 Å². The first-order chi connectivity index (χ1) is 12.6. The Morgan fingerprint density at radius 3 is 2.78 bits per heavy atom. The summed E-state index contributed by atoms with van der Waals surface area (Å²) < 4.78 is 53.4. The van der Waals surface area contributed by atoms with Crippen LogP contribution >= 0.6 is 11.6 Å². The number of fused-ring (bicyclic) bond motifs is 1. The Labute approximate surface area is 157 Å². The van der Waals surface area contributed by atoms with Gasteiger partial charge in [-0.15, -0.1) is 0 Å². The second kappa shape index (κ2) is 7.09. The van der Waals surface area contributed by atoms with Gasteiger partial charge >= 0.3 is 6.18 Å². The summed E-state index contributed by atoms with van der Waals surface area (Å²) in [5.74, 6) is -0.959.